The number of alkyl halides is 3. The molecule has 0 radical (unpaired) electrons. The second-order valence-corrected chi connectivity index (χ2v) is 5.66. The van der Waals surface area contributed by atoms with Gasteiger partial charge in [-0.05, 0) is 49.3 Å². The molecule has 1 aromatic carbocycles. The molecule has 1 aliphatic carbocycles. The summed E-state index contributed by atoms with van der Waals surface area (Å²) in [6.07, 6.45) is 0.130. The first kappa shape index (κ1) is 16.1. The van der Waals surface area contributed by atoms with Gasteiger partial charge in [0.2, 0.25) is 0 Å². The third kappa shape index (κ3) is 4.13. The van der Waals surface area contributed by atoms with Gasteiger partial charge in [-0.25, -0.2) is 0 Å². The molecule has 5 heteroatoms. The minimum absolute atomic E-state index is 0.125. The predicted molar refractivity (Wildman–Crippen MR) is 74.0 cm³/mol. The van der Waals surface area contributed by atoms with Gasteiger partial charge in [0.15, 0.2) is 0 Å². The van der Waals surface area contributed by atoms with E-state index < -0.39 is 18.3 Å². The van der Waals surface area contributed by atoms with Crippen molar-refractivity contribution in [2.45, 2.75) is 57.9 Å². The first-order chi connectivity index (χ1) is 9.94. The van der Waals surface area contributed by atoms with Crippen molar-refractivity contribution >= 4 is 0 Å². The van der Waals surface area contributed by atoms with Crippen molar-refractivity contribution < 1.29 is 23.0 Å². The molecule has 0 saturated heterocycles. The van der Waals surface area contributed by atoms with Gasteiger partial charge in [-0.3, -0.25) is 0 Å². The predicted octanol–water partition coefficient (Wildman–Crippen LogP) is 4.55. The van der Waals surface area contributed by atoms with Crippen LogP contribution in [-0.2, 0) is 12.8 Å². The van der Waals surface area contributed by atoms with E-state index in [4.69, 9.17) is 9.84 Å². The van der Waals surface area contributed by atoms with E-state index in [0.29, 0.717) is 5.92 Å². The Balaban J connectivity index is 2.13. The molecule has 0 amide bonds. The van der Waals surface area contributed by atoms with Gasteiger partial charge in [-0.15, -0.1) is 0 Å². The van der Waals surface area contributed by atoms with Gasteiger partial charge in [0, 0.05) is 0 Å². The third-order valence-electron chi connectivity index (χ3n) is 4.20. The normalized spacial score (nSPS) is 23.1. The lowest BCUT2D eigenvalue weighted by molar-refractivity contribution is -0.139. The molecule has 118 valence electrons. The fourth-order valence-corrected chi connectivity index (χ4v) is 2.84. The highest BCUT2D eigenvalue weighted by atomic mass is 19.4. The van der Waals surface area contributed by atoms with Crippen molar-refractivity contribution in [3.63, 3.8) is 0 Å². The number of aliphatic hydroxyl groups excluding tert-OH is 1. The van der Waals surface area contributed by atoms with Crippen LogP contribution in [0.3, 0.4) is 0 Å². The van der Waals surface area contributed by atoms with E-state index in [2.05, 4.69) is 6.92 Å². The van der Waals surface area contributed by atoms with Gasteiger partial charge in [-0.1, -0.05) is 19.4 Å². The summed E-state index contributed by atoms with van der Waals surface area (Å²) in [5, 5.41) is 8.99. The smallest absolute Gasteiger partial charge is 0.419 e. The molecule has 0 atom stereocenters. The highest BCUT2D eigenvalue weighted by molar-refractivity contribution is 5.39. The standard InChI is InChI=1S/C16H21F3O2/c1-2-11-3-6-13(7-4-11)21-15-8-5-12(10-20)9-14(15)16(17,18)19/h5,8-9,11,13,20H,2-4,6-7,10H2,1H3. The highest BCUT2D eigenvalue weighted by Gasteiger charge is 2.35. The van der Waals surface area contributed by atoms with Crippen LogP contribution in [-0.4, -0.2) is 11.2 Å². The quantitative estimate of drug-likeness (QED) is 0.884. The van der Waals surface area contributed by atoms with Crippen molar-refractivity contribution in [1.29, 1.82) is 0 Å². The summed E-state index contributed by atoms with van der Waals surface area (Å²) in [5.41, 5.74) is -0.559. The van der Waals surface area contributed by atoms with Crippen molar-refractivity contribution in [2.24, 2.45) is 5.92 Å². The van der Waals surface area contributed by atoms with E-state index in [1.807, 2.05) is 0 Å². The molecule has 21 heavy (non-hydrogen) atoms. The summed E-state index contributed by atoms with van der Waals surface area (Å²) >= 11 is 0. The average molecular weight is 302 g/mol. The molecule has 1 aliphatic rings. The van der Waals surface area contributed by atoms with Gasteiger partial charge >= 0.3 is 6.18 Å². The summed E-state index contributed by atoms with van der Waals surface area (Å²) in [6.45, 7) is 1.73. The second-order valence-electron chi connectivity index (χ2n) is 5.66. The monoisotopic (exact) mass is 302 g/mol. The van der Waals surface area contributed by atoms with Gasteiger partial charge in [0.25, 0.3) is 0 Å². The lowest BCUT2D eigenvalue weighted by Gasteiger charge is -2.29. The largest absolute Gasteiger partial charge is 0.490 e. The van der Waals surface area contributed by atoms with E-state index in [1.54, 1.807) is 0 Å². The average Bonchev–Trinajstić information content (AvgIpc) is 2.47. The van der Waals surface area contributed by atoms with Crippen LogP contribution >= 0.6 is 0 Å². The number of hydrogen-bond acceptors (Lipinski definition) is 2. The maximum atomic E-state index is 13.1. The van der Waals surface area contributed by atoms with Crippen molar-refractivity contribution in [1.82, 2.24) is 0 Å². The highest BCUT2D eigenvalue weighted by Crippen LogP contribution is 2.38. The van der Waals surface area contributed by atoms with Crippen LogP contribution in [0.25, 0.3) is 0 Å². The van der Waals surface area contributed by atoms with Crippen LogP contribution < -0.4 is 4.74 Å². The van der Waals surface area contributed by atoms with E-state index in [9.17, 15) is 13.2 Å². The lowest BCUT2D eigenvalue weighted by Crippen LogP contribution is -2.25. The zero-order valence-electron chi connectivity index (χ0n) is 12.1. The first-order valence-electron chi connectivity index (χ1n) is 7.41. The molecule has 0 aliphatic heterocycles. The molecule has 1 fully saturated rings. The molecule has 1 aromatic rings. The van der Waals surface area contributed by atoms with Crippen molar-refractivity contribution in [3.8, 4) is 5.75 Å². The van der Waals surface area contributed by atoms with Crippen LogP contribution in [0.15, 0.2) is 18.2 Å². The summed E-state index contributed by atoms with van der Waals surface area (Å²) < 4.78 is 44.8. The topological polar surface area (TPSA) is 29.5 Å². The molecule has 0 bridgehead atoms. The Labute approximate surface area is 122 Å². The number of aliphatic hydroxyl groups is 1. The first-order valence-corrected chi connectivity index (χ1v) is 7.41. The molecule has 2 nitrogen and oxygen atoms in total. The summed E-state index contributed by atoms with van der Waals surface area (Å²) in [6, 6.07) is 3.76. The van der Waals surface area contributed by atoms with Crippen LogP contribution in [0.4, 0.5) is 13.2 Å². The van der Waals surface area contributed by atoms with Gasteiger partial charge in [0.1, 0.15) is 5.75 Å². The number of ether oxygens (including phenoxy) is 1. The van der Waals surface area contributed by atoms with Gasteiger partial charge in [-0.2, -0.15) is 13.2 Å². The van der Waals surface area contributed by atoms with E-state index >= 15 is 0 Å². The van der Waals surface area contributed by atoms with E-state index in [0.717, 1.165) is 38.2 Å². The summed E-state index contributed by atoms with van der Waals surface area (Å²) in [5.74, 6) is 0.545. The SMILES string of the molecule is CCC1CCC(Oc2ccc(CO)cc2C(F)(F)F)CC1. The Morgan fingerprint density at radius 1 is 1.19 bits per heavy atom. The van der Waals surface area contributed by atoms with E-state index in [1.165, 1.54) is 12.1 Å². The van der Waals surface area contributed by atoms with Gasteiger partial charge < -0.3 is 9.84 Å². The molecule has 0 aromatic heterocycles. The molecule has 0 unspecified atom stereocenters. The summed E-state index contributed by atoms with van der Waals surface area (Å²) in [4.78, 5) is 0. The maximum absolute atomic E-state index is 13.1. The van der Waals surface area contributed by atoms with Crippen LogP contribution in [0, 0.1) is 5.92 Å². The maximum Gasteiger partial charge on any atom is 0.419 e. The zero-order chi connectivity index (χ0) is 15.5. The summed E-state index contributed by atoms with van der Waals surface area (Å²) in [7, 11) is 0. The minimum atomic E-state index is -4.47. The van der Waals surface area contributed by atoms with Crippen LogP contribution in [0.5, 0.6) is 5.75 Å². The second kappa shape index (κ2) is 6.69. The number of hydrogen-bond donors (Lipinski definition) is 1. The van der Waals surface area contributed by atoms with Crippen LogP contribution in [0.2, 0.25) is 0 Å². The van der Waals surface area contributed by atoms with Gasteiger partial charge in [0.05, 0.1) is 18.3 Å². The Morgan fingerprint density at radius 2 is 1.86 bits per heavy atom. The fourth-order valence-electron chi connectivity index (χ4n) is 2.84. The fraction of sp³-hybridized carbons (Fsp3) is 0.625. The van der Waals surface area contributed by atoms with E-state index in [-0.39, 0.29) is 17.4 Å². The van der Waals surface area contributed by atoms with Crippen molar-refractivity contribution in [3.05, 3.63) is 29.3 Å². The molecule has 0 spiro atoms. The Hall–Kier alpha value is -1.23. The number of halogens is 3. The minimum Gasteiger partial charge on any atom is -0.490 e. The molecular formula is C16H21F3O2. The molecule has 1 N–H and O–H groups in total. The number of benzene rings is 1. The van der Waals surface area contributed by atoms with Crippen LogP contribution in [0.1, 0.15) is 50.2 Å². The Morgan fingerprint density at radius 3 is 2.38 bits per heavy atom. The third-order valence-corrected chi connectivity index (χ3v) is 4.20. The number of rotatable bonds is 4. The Kier molecular flexibility index (Phi) is 5.14. The molecule has 2 rings (SSSR count). The molecule has 1 saturated carbocycles. The Bertz CT molecular complexity index is 463. The van der Waals surface area contributed by atoms with Crippen molar-refractivity contribution in [2.75, 3.05) is 0 Å². The lowest BCUT2D eigenvalue weighted by atomic mass is 9.86. The molecular weight excluding hydrogens is 281 g/mol. The molecule has 0 heterocycles. The zero-order valence-corrected chi connectivity index (χ0v) is 12.1.